The van der Waals surface area contributed by atoms with Crippen LogP contribution in [0.3, 0.4) is 0 Å². The maximum atomic E-state index is 5.69. The Bertz CT molecular complexity index is 405. The van der Waals surface area contributed by atoms with Gasteiger partial charge in [0.25, 0.3) is 0 Å². The molecule has 0 aromatic carbocycles. The molecule has 0 amide bonds. The molecule has 0 aliphatic heterocycles. The van der Waals surface area contributed by atoms with Gasteiger partial charge in [0.05, 0.1) is 0 Å². The minimum absolute atomic E-state index is 0.391. The van der Waals surface area contributed by atoms with Gasteiger partial charge in [0.15, 0.2) is 11.8 Å². The standard InChI is InChI=1S/C10H15N5O/c11-10(13-7-3-4-7)12-5-8-14-9(16-15-8)6-1-2-6/h6-7H,1-5H2,(H3,11,12,13). The van der Waals surface area contributed by atoms with Crippen LogP contribution in [0.2, 0.25) is 0 Å². The Morgan fingerprint density at radius 1 is 1.44 bits per heavy atom. The molecule has 0 atom stereocenters. The van der Waals surface area contributed by atoms with Crippen LogP contribution in [0, 0.1) is 0 Å². The number of nitrogens with one attached hydrogen (secondary N) is 1. The highest BCUT2D eigenvalue weighted by Crippen LogP contribution is 2.38. The normalized spacial score (nSPS) is 21.1. The van der Waals surface area contributed by atoms with Crippen LogP contribution in [0.1, 0.15) is 43.3 Å². The van der Waals surface area contributed by atoms with Gasteiger partial charge in [0.2, 0.25) is 5.89 Å². The summed E-state index contributed by atoms with van der Waals surface area (Å²) in [5, 5.41) is 6.98. The number of aliphatic imine (C=N–C) groups is 1. The van der Waals surface area contributed by atoms with Crippen LogP contribution in [0.15, 0.2) is 9.52 Å². The number of aromatic nitrogens is 2. The lowest BCUT2D eigenvalue weighted by atomic mass is 10.4. The topological polar surface area (TPSA) is 89.3 Å². The summed E-state index contributed by atoms with van der Waals surface area (Å²) in [7, 11) is 0. The molecule has 3 rings (SSSR count). The van der Waals surface area contributed by atoms with Gasteiger partial charge in [-0.2, -0.15) is 4.98 Å². The van der Waals surface area contributed by atoms with Gasteiger partial charge >= 0.3 is 0 Å². The van der Waals surface area contributed by atoms with E-state index < -0.39 is 0 Å². The van der Waals surface area contributed by atoms with Crippen LogP contribution in [0.25, 0.3) is 0 Å². The minimum Gasteiger partial charge on any atom is -0.370 e. The fourth-order valence-corrected chi connectivity index (χ4v) is 1.47. The number of hydrogen-bond acceptors (Lipinski definition) is 4. The minimum atomic E-state index is 0.391. The highest BCUT2D eigenvalue weighted by molar-refractivity contribution is 5.78. The molecule has 0 bridgehead atoms. The summed E-state index contributed by atoms with van der Waals surface area (Å²) < 4.78 is 5.12. The Morgan fingerprint density at radius 2 is 2.25 bits per heavy atom. The summed E-state index contributed by atoms with van der Waals surface area (Å²) in [6.45, 7) is 0.391. The van der Waals surface area contributed by atoms with E-state index in [1.165, 1.54) is 12.8 Å². The van der Waals surface area contributed by atoms with Crippen LogP contribution in [0.4, 0.5) is 0 Å². The van der Waals surface area contributed by atoms with Crippen molar-refractivity contribution in [2.45, 2.75) is 44.2 Å². The summed E-state index contributed by atoms with van der Waals surface area (Å²) in [5.41, 5.74) is 5.69. The molecular weight excluding hydrogens is 206 g/mol. The Hall–Kier alpha value is -1.59. The van der Waals surface area contributed by atoms with Gasteiger partial charge in [-0.3, -0.25) is 0 Å². The predicted octanol–water partition coefficient (Wildman–Crippen LogP) is 0.514. The Balaban J connectivity index is 1.55. The lowest BCUT2D eigenvalue weighted by Gasteiger charge is -2.00. The highest BCUT2D eigenvalue weighted by atomic mass is 16.5. The Morgan fingerprint density at radius 3 is 2.94 bits per heavy atom. The van der Waals surface area contributed by atoms with Gasteiger partial charge in [0.1, 0.15) is 6.54 Å². The van der Waals surface area contributed by atoms with Crippen molar-refractivity contribution in [3.63, 3.8) is 0 Å². The van der Waals surface area contributed by atoms with Crippen molar-refractivity contribution in [1.29, 1.82) is 0 Å². The fraction of sp³-hybridized carbons (Fsp3) is 0.700. The zero-order chi connectivity index (χ0) is 11.0. The first-order chi connectivity index (χ1) is 7.81. The summed E-state index contributed by atoms with van der Waals surface area (Å²) in [5.74, 6) is 2.33. The van der Waals surface area contributed by atoms with E-state index in [0.29, 0.717) is 30.3 Å². The molecule has 2 aliphatic carbocycles. The molecule has 6 heteroatoms. The first-order valence-corrected chi connectivity index (χ1v) is 5.70. The van der Waals surface area contributed by atoms with Gasteiger partial charge in [-0.15, -0.1) is 0 Å². The molecule has 1 heterocycles. The third-order valence-electron chi connectivity index (χ3n) is 2.73. The van der Waals surface area contributed by atoms with Gasteiger partial charge in [0, 0.05) is 12.0 Å². The summed E-state index contributed by atoms with van der Waals surface area (Å²) in [4.78, 5) is 8.44. The average Bonchev–Trinajstić information content (AvgIpc) is 3.18. The Labute approximate surface area is 93.3 Å². The second kappa shape index (κ2) is 3.77. The molecule has 0 unspecified atom stereocenters. The first kappa shape index (κ1) is 9.62. The molecule has 2 saturated carbocycles. The van der Waals surface area contributed by atoms with Crippen molar-refractivity contribution >= 4 is 5.96 Å². The van der Waals surface area contributed by atoms with E-state index in [9.17, 15) is 0 Å². The third-order valence-corrected chi connectivity index (χ3v) is 2.73. The molecule has 2 aliphatic rings. The van der Waals surface area contributed by atoms with Gasteiger partial charge in [-0.05, 0) is 25.7 Å². The molecule has 0 radical (unpaired) electrons. The summed E-state index contributed by atoms with van der Waals surface area (Å²) in [6, 6.07) is 0.524. The van der Waals surface area contributed by atoms with Crippen LogP contribution in [0.5, 0.6) is 0 Å². The second-order valence-electron chi connectivity index (χ2n) is 4.44. The maximum Gasteiger partial charge on any atom is 0.229 e. The van der Waals surface area contributed by atoms with Crippen molar-refractivity contribution in [2.24, 2.45) is 10.7 Å². The summed E-state index contributed by atoms with van der Waals surface area (Å²) >= 11 is 0. The van der Waals surface area contributed by atoms with Crippen LogP contribution in [-0.2, 0) is 6.54 Å². The molecule has 0 spiro atoms. The van der Waals surface area contributed by atoms with E-state index in [-0.39, 0.29) is 0 Å². The van der Waals surface area contributed by atoms with E-state index in [2.05, 4.69) is 20.4 Å². The van der Waals surface area contributed by atoms with Gasteiger partial charge in [-0.1, -0.05) is 5.16 Å². The predicted molar refractivity (Wildman–Crippen MR) is 57.8 cm³/mol. The van der Waals surface area contributed by atoms with Crippen molar-refractivity contribution in [1.82, 2.24) is 15.5 Å². The number of hydrogen-bond donors (Lipinski definition) is 2. The third kappa shape index (κ3) is 2.32. The molecule has 16 heavy (non-hydrogen) atoms. The molecule has 1 aromatic heterocycles. The number of nitrogens with two attached hydrogens (primary N) is 1. The van der Waals surface area contributed by atoms with Crippen molar-refractivity contribution in [3.8, 4) is 0 Å². The van der Waals surface area contributed by atoms with E-state index in [1.54, 1.807) is 0 Å². The van der Waals surface area contributed by atoms with E-state index >= 15 is 0 Å². The first-order valence-electron chi connectivity index (χ1n) is 5.70. The van der Waals surface area contributed by atoms with E-state index in [1.807, 2.05) is 0 Å². The second-order valence-corrected chi connectivity index (χ2v) is 4.44. The van der Waals surface area contributed by atoms with E-state index in [0.717, 1.165) is 18.7 Å². The molecule has 3 N–H and O–H groups in total. The molecule has 86 valence electrons. The number of nitrogens with zero attached hydrogens (tertiary/aromatic N) is 3. The van der Waals surface area contributed by atoms with Gasteiger partial charge < -0.3 is 15.6 Å². The largest absolute Gasteiger partial charge is 0.370 e. The zero-order valence-electron chi connectivity index (χ0n) is 9.02. The fourth-order valence-electron chi connectivity index (χ4n) is 1.47. The lowest BCUT2D eigenvalue weighted by molar-refractivity contribution is 0.374. The van der Waals surface area contributed by atoms with Crippen molar-refractivity contribution in [2.75, 3.05) is 0 Å². The monoisotopic (exact) mass is 221 g/mol. The quantitative estimate of drug-likeness (QED) is 0.571. The molecule has 6 nitrogen and oxygen atoms in total. The van der Waals surface area contributed by atoms with E-state index in [4.69, 9.17) is 10.3 Å². The van der Waals surface area contributed by atoms with Crippen molar-refractivity contribution < 1.29 is 4.52 Å². The zero-order valence-corrected chi connectivity index (χ0v) is 9.02. The smallest absolute Gasteiger partial charge is 0.229 e. The molecular formula is C10H15N5O. The van der Waals surface area contributed by atoms with Crippen LogP contribution < -0.4 is 11.1 Å². The maximum absolute atomic E-state index is 5.69. The van der Waals surface area contributed by atoms with Crippen LogP contribution >= 0.6 is 0 Å². The highest BCUT2D eigenvalue weighted by Gasteiger charge is 2.29. The lowest BCUT2D eigenvalue weighted by Crippen LogP contribution is -2.33. The molecule has 0 saturated heterocycles. The SMILES string of the molecule is NC(=NCc1noc(C2CC2)n1)NC1CC1. The average molecular weight is 221 g/mol. The molecule has 1 aromatic rings. The molecule has 2 fully saturated rings. The van der Waals surface area contributed by atoms with Crippen molar-refractivity contribution in [3.05, 3.63) is 11.7 Å². The number of rotatable bonds is 4. The number of guanidine groups is 1. The Kier molecular flexibility index (Phi) is 2.27. The van der Waals surface area contributed by atoms with Gasteiger partial charge in [-0.25, -0.2) is 4.99 Å². The van der Waals surface area contributed by atoms with Crippen LogP contribution in [-0.4, -0.2) is 22.1 Å². The summed E-state index contributed by atoms with van der Waals surface area (Å²) in [6.07, 6.45) is 4.70.